The van der Waals surface area contributed by atoms with Crippen LogP contribution in [0.5, 0.6) is 0 Å². The summed E-state index contributed by atoms with van der Waals surface area (Å²) in [5.74, 6) is 0.638. The molecule has 0 spiro atoms. The van der Waals surface area contributed by atoms with E-state index < -0.39 is 16.9 Å². The molecule has 2 N–H and O–H groups in total. The molecule has 1 saturated carbocycles. The molecule has 0 bridgehead atoms. The number of amides is 2. The number of hydrogen-bond donors (Lipinski definition) is 2. The molecule has 1 aliphatic carbocycles. The lowest BCUT2D eigenvalue weighted by Crippen LogP contribution is -2.54. The van der Waals surface area contributed by atoms with E-state index in [9.17, 15) is 14.1 Å². The van der Waals surface area contributed by atoms with Gasteiger partial charge in [-0.3, -0.25) is 4.21 Å². The van der Waals surface area contributed by atoms with Gasteiger partial charge in [-0.05, 0) is 33.6 Å². The second-order valence-corrected chi connectivity index (χ2v) is 8.09. The molecule has 6 heteroatoms. The zero-order valence-corrected chi connectivity index (χ0v) is 14.5. The highest BCUT2D eigenvalue weighted by Crippen LogP contribution is 2.23. The number of aliphatic hydroxyl groups excluding tert-OH is 1. The van der Waals surface area contributed by atoms with Crippen molar-refractivity contribution in [1.82, 2.24) is 10.2 Å². The zero-order valence-electron chi connectivity index (χ0n) is 13.7. The molecule has 0 heterocycles. The molecule has 0 aromatic rings. The van der Waals surface area contributed by atoms with Gasteiger partial charge in [-0.15, -0.1) is 0 Å². The minimum atomic E-state index is -0.877. The summed E-state index contributed by atoms with van der Waals surface area (Å²) in [6.07, 6.45) is 3.42. The van der Waals surface area contributed by atoms with Crippen LogP contribution in [0.3, 0.4) is 0 Å². The van der Waals surface area contributed by atoms with Gasteiger partial charge in [0.1, 0.15) is 0 Å². The Bertz CT molecular complexity index is 361. The van der Waals surface area contributed by atoms with Gasteiger partial charge in [0.05, 0.1) is 11.4 Å². The molecule has 5 nitrogen and oxygen atoms in total. The topological polar surface area (TPSA) is 69.6 Å². The number of carbonyl (C=O) groups excluding carboxylic acids is 1. The first-order valence-electron chi connectivity index (χ1n) is 7.99. The van der Waals surface area contributed by atoms with Gasteiger partial charge >= 0.3 is 6.03 Å². The van der Waals surface area contributed by atoms with Crippen LogP contribution in [0.4, 0.5) is 4.79 Å². The lowest BCUT2D eigenvalue weighted by atomic mass is 9.95. The smallest absolute Gasteiger partial charge is 0.317 e. The minimum Gasteiger partial charge on any atom is -0.392 e. The minimum absolute atomic E-state index is 0.0118. The van der Waals surface area contributed by atoms with Crippen LogP contribution in [0.1, 0.15) is 53.4 Å². The number of nitrogens with zero attached hydrogens (tertiary/aromatic N) is 1. The fraction of sp³-hybridized carbons (Fsp3) is 0.933. The number of carbonyl (C=O) groups is 1. The Morgan fingerprint density at radius 3 is 2.48 bits per heavy atom. The Hall–Kier alpha value is -0.620. The third-order valence-corrected chi connectivity index (χ3v) is 5.79. The molecule has 0 aromatic carbocycles. The summed E-state index contributed by atoms with van der Waals surface area (Å²) >= 11 is 0. The number of urea groups is 1. The van der Waals surface area contributed by atoms with E-state index in [1.54, 1.807) is 11.8 Å². The highest BCUT2D eigenvalue weighted by molar-refractivity contribution is 7.85. The van der Waals surface area contributed by atoms with Crippen molar-refractivity contribution in [2.75, 3.05) is 12.3 Å². The molecular formula is C15H30N2O3S. The maximum atomic E-state index is 12.4. The molecular weight excluding hydrogens is 288 g/mol. The van der Waals surface area contributed by atoms with E-state index in [2.05, 4.69) is 5.32 Å². The molecule has 0 saturated heterocycles. The van der Waals surface area contributed by atoms with Crippen molar-refractivity contribution in [3.8, 4) is 0 Å². The number of nitrogens with one attached hydrogen (secondary N) is 1. The van der Waals surface area contributed by atoms with E-state index in [1.807, 2.05) is 20.8 Å². The number of aliphatic hydroxyl groups is 1. The summed E-state index contributed by atoms with van der Waals surface area (Å²) in [5.41, 5.74) is 0. The summed E-state index contributed by atoms with van der Waals surface area (Å²) in [4.78, 5) is 14.1. The van der Waals surface area contributed by atoms with Gasteiger partial charge in [-0.2, -0.15) is 0 Å². The Balaban J connectivity index is 2.70. The van der Waals surface area contributed by atoms with Crippen LogP contribution in [-0.4, -0.2) is 56.0 Å². The third-order valence-electron chi connectivity index (χ3n) is 3.98. The molecule has 4 unspecified atom stereocenters. The van der Waals surface area contributed by atoms with Crippen molar-refractivity contribution >= 4 is 16.8 Å². The van der Waals surface area contributed by atoms with Gasteiger partial charge < -0.3 is 15.3 Å². The van der Waals surface area contributed by atoms with Gasteiger partial charge in [0, 0.05) is 35.2 Å². The Morgan fingerprint density at radius 2 is 1.95 bits per heavy atom. The molecule has 2 amide bonds. The first-order chi connectivity index (χ1) is 9.86. The van der Waals surface area contributed by atoms with Gasteiger partial charge in [0.25, 0.3) is 0 Å². The second-order valence-electron chi connectivity index (χ2n) is 6.14. The molecule has 4 atom stereocenters. The Labute approximate surface area is 130 Å². The molecule has 124 valence electrons. The quantitative estimate of drug-likeness (QED) is 0.785. The standard InChI is InChI=1S/C15H30N2O3S/c1-5-21(20)14-9-7-6-8-13(14)16-15(19)17(11(2)3)10-12(4)18/h11-14,18H,5-10H2,1-4H3,(H,16,19). The summed E-state index contributed by atoms with van der Waals surface area (Å²) < 4.78 is 12.1. The summed E-state index contributed by atoms with van der Waals surface area (Å²) in [6, 6.07) is -0.142. The van der Waals surface area contributed by atoms with E-state index in [0.29, 0.717) is 12.3 Å². The summed E-state index contributed by atoms with van der Waals surface area (Å²) in [6.45, 7) is 7.79. The SMILES string of the molecule is CCS(=O)C1CCCCC1NC(=O)N(CC(C)O)C(C)C. The van der Waals surface area contributed by atoms with Gasteiger partial charge in [0.15, 0.2) is 0 Å². The first kappa shape index (κ1) is 18.4. The lowest BCUT2D eigenvalue weighted by Gasteiger charge is -2.35. The van der Waals surface area contributed by atoms with Crippen LogP contribution in [0.2, 0.25) is 0 Å². The Kier molecular flexibility index (Phi) is 7.66. The van der Waals surface area contributed by atoms with Crippen molar-refractivity contribution < 1.29 is 14.1 Å². The molecule has 1 aliphatic rings. The van der Waals surface area contributed by atoms with E-state index in [-0.39, 0.29) is 23.4 Å². The summed E-state index contributed by atoms with van der Waals surface area (Å²) in [5, 5.41) is 12.7. The van der Waals surface area contributed by atoms with Gasteiger partial charge in [-0.25, -0.2) is 4.79 Å². The fourth-order valence-corrected chi connectivity index (χ4v) is 4.27. The largest absolute Gasteiger partial charge is 0.392 e. The van der Waals surface area contributed by atoms with E-state index in [0.717, 1.165) is 25.7 Å². The fourth-order valence-electron chi connectivity index (χ4n) is 2.85. The van der Waals surface area contributed by atoms with Crippen LogP contribution in [0.15, 0.2) is 0 Å². The maximum Gasteiger partial charge on any atom is 0.317 e. The Morgan fingerprint density at radius 1 is 1.33 bits per heavy atom. The molecule has 1 rings (SSSR count). The molecule has 0 radical (unpaired) electrons. The van der Waals surface area contributed by atoms with Crippen LogP contribution >= 0.6 is 0 Å². The average Bonchev–Trinajstić information content (AvgIpc) is 2.43. The highest BCUT2D eigenvalue weighted by atomic mass is 32.2. The van der Waals surface area contributed by atoms with E-state index >= 15 is 0 Å². The molecule has 1 fully saturated rings. The van der Waals surface area contributed by atoms with Crippen LogP contribution < -0.4 is 5.32 Å². The zero-order chi connectivity index (χ0) is 16.0. The van der Waals surface area contributed by atoms with Crippen LogP contribution in [-0.2, 0) is 10.8 Å². The highest BCUT2D eigenvalue weighted by Gasteiger charge is 2.31. The van der Waals surface area contributed by atoms with Crippen molar-refractivity contribution in [1.29, 1.82) is 0 Å². The monoisotopic (exact) mass is 318 g/mol. The second kappa shape index (κ2) is 8.73. The normalized spacial score (nSPS) is 25.4. The van der Waals surface area contributed by atoms with Crippen LogP contribution in [0.25, 0.3) is 0 Å². The number of rotatable bonds is 6. The summed E-state index contributed by atoms with van der Waals surface area (Å²) in [7, 11) is -0.877. The molecule has 0 aromatic heterocycles. The molecule has 0 aliphatic heterocycles. The van der Waals surface area contributed by atoms with Gasteiger partial charge in [0.2, 0.25) is 0 Å². The van der Waals surface area contributed by atoms with Crippen molar-refractivity contribution in [2.24, 2.45) is 0 Å². The third kappa shape index (κ3) is 5.58. The van der Waals surface area contributed by atoms with E-state index in [4.69, 9.17) is 0 Å². The van der Waals surface area contributed by atoms with Crippen molar-refractivity contribution in [3.63, 3.8) is 0 Å². The average molecular weight is 318 g/mol. The van der Waals surface area contributed by atoms with E-state index in [1.165, 1.54) is 0 Å². The molecule has 21 heavy (non-hydrogen) atoms. The maximum absolute atomic E-state index is 12.4. The van der Waals surface area contributed by atoms with Crippen molar-refractivity contribution in [3.05, 3.63) is 0 Å². The van der Waals surface area contributed by atoms with Gasteiger partial charge in [-0.1, -0.05) is 19.8 Å². The predicted octanol–water partition coefficient (Wildman–Crippen LogP) is 1.87. The van der Waals surface area contributed by atoms with Crippen LogP contribution in [0, 0.1) is 0 Å². The lowest BCUT2D eigenvalue weighted by molar-refractivity contribution is 0.116. The van der Waals surface area contributed by atoms with Crippen molar-refractivity contribution in [2.45, 2.75) is 76.8 Å². The number of hydrogen-bond acceptors (Lipinski definition) is 3. The first-order valence-corrected chi connectivity index (χ1v) is 9.37. The predicted molar refractivity (Wildman–Crippen MR) is 86.8 cm³/mol.